The van der Waals surface area contributed by atoms with Crippen LogP contribution in [0.2, 0.25) is 0 Å². The second kappa shape index (κ2) is 4.86. The highest BCUT2D eigenvalue weighted by Crippen LogP contribution is 2.24. The van der Waals surface area contributed by atoms with Gasteiger partial charge >= 0.3 is 0 Å². The predicted molar refractivity (Wildman–Crippen MR) is 78.1 cm³/mol. The van der Waals surface area contributed by atoms with Gasteiger partial charge in [0.05, 0.1) is 24.3 Å². The van der Waals surface area contributed by atoms with E-state index in [0.717, 1.165) is 5.69 Å². The summed E-state index contributed by atoms with van der Waals surface area (Å²) in [5.41, 5.74) is 2.42. The Morgan fingerprint density at radius 1 is 1.11 bits per heavy atom. The molecular weight excluding hydrogens is 234 g/mol. The third kappa shape index (κ3) is 2.13. The molecule has 1 aromatic heterocycles. The molecule has 3 aromatic rings. The summed E-state index contributed by atoms with van der Waals surface area (Å²) in [7, 11) is 4.00. The number of imidazole rings is 1. The fraction of sp³-hybridized carbons (Fsp3) is 0.188. The molecule has 0 amide bonds. The van der Waals surface area contributed by atoms with Gasteiger partial charge in [0, 0.05) is 7.05 Å². The number of rotatable bonds is 3. The maximum Gasteiger partial charge on any atom is 0.0946 e. The molecule has 0 bridgehead atoms. The molecule has 0 aliphatic carbocycles. The number of hydrogen-bond acceptors (Lipinski definition) is 2. The van der Waals surface area contributed by atoms with E-state index in [1.807, 2.05) is 26.6 Å². The predicted octanol–water partition coefficient (Wildman–Crippen LogP) is 2.88. The van der Waals surface area contributed by atoms with E-state index < -0.39 is 0 Å². The van der Waals surface area contributed by atoms with E-state index >= 15 is 0 Å². The Morgan fingerprint density at radius 2 is 1.89 bits per heavy atom. The first-order chi connectivity index (χ1) is 9.29. The third-order valence-electron chi connectivity index (χ3n) is 3.55. The van der Waals surface area contributed by atoms with Crippen molar-refractivity contribution in [1.29, 1.82) is 0 Å². The Bertz CT molecular complexity index is 700. The van der Waals surface area contributed by atoms with Gasteiger partial charge in [-0.25, -0.2) is 4.98 Å². The van der Waals surface area contributed by atoms with Crippen molar-refractivity contribution in [3.8, 4) is 0 Å². The lowest BCUT2D eigenvalue weighted by molar-refractivity contribution is 0.639. The Balaban J connectivity index is 2.09. The molecule has 0 saturated carbocycles. The molecule has 1 atom stereocenters. The number of nitrogens with zero attached hydrogens (tertiary/aromatic N) is 2. The number of benzene rings is 2. The first-order valence-corrected chi connectivity index (χ1v) is 6.42. The van der Waals surface area contributed by atoms with Crippen molar-refractivity contribution >= 4 is 10.8 Å². The first kappa shape index (κ1) is 11.9. The first-order valence-electron chi connectivity index (χ1n) is 6.42. The number of aryl methyl sites for hydroxylation is 1. The van der Waals surface area contributed by atoms with Crippen LogP contribution in [0.15, 0.2) is 55.0 Å². The summed E-state index contributed by atoms with van der Waals surface area (Å²) < 4.78 is 2.05. The molecule has 1 heterocycles. The van der Waals surface area contributed by atoms with Gasteiger partial charge in [-0.05, 0) is 29.4 Å². The number of nitrogens with one attached hydrogen (secondary N) is 1. The van der Waals surface area contributed by atoms with Crippen LogP contribution in [0.4, 0.5) is 0 Å². The largest absolute Gasteiger partial charge is 0.336 e. The maximum absolute atomic E-state index is 4.20. The lowest BCUT2D eigenvalue weighted by Crippen LogP contribution is -2.20. The summed E-state index contributed by atoms with van der Waals surface area (Å²) in [6, 6.07) is 15.2. The monoisotopic (exact) mass is 251 g/mol. The van der Waals surface area contributed by atoms with E-state index in [-0.39, 0.29) is 6.04 Å². The van der Waals surface area contributed by atoms with Crippen molar-refractivity contribution in [1.82, 2.24) is 14.9 Å². The van der Waals surface area contributed by atoms with Gasteiger partial charge in [0.1, 0.15) is 0 Å². The normalized spacial score (nSPS) is 12.7. The zero-order valence-corrected chi connectivity index (χ0v) is 11.2. The molecule has 3 nitrogen and oxygen atoms in total. The number of aromatic nitrogens is 2. The maximum atomic E-state index is 4.20. The lowest BCUT2D eigenvalue weighted by Gasteiger charge is -2.17. The third-order valence-corrected chi connectivity index (χ3v) is 3.55. The SMILES string of the molecule is CNC(c1ccc2ccccc2c1)c1cncn1C. The van der Waals surface area contributed by atoms with Crippen LogP contribution in [0.5, 0.6) is 0 Å². The molecule has 96 valence electrons. The fourth-order valence-corrected chi connectivity index (χ4v) is 2.52. The van der Waals surface area contributed by atoms with Crippen molar-refractivity contribution in [2.24, 2.45) is 7.05 Å². The molecule has 0 aliphatic heterocycles. The van der Waals surface area contributed by atoms with Crippen molar-refractivity contribution in [2.75, 3.05) is 7.05 Å². The average Bonchev–Trinajstić information content (AvgIpc) is 2.86. The average molecular weight is 251 g/mol. The fourth-order valence-electron chi connectivity index (χ4n) is 2.52. The summed E-state index contributed by atoms with van der Waals surface area (Å²) in [4.78, 5) is 4.20. The Morgan fingerprint density at radius 3 is 2.58 bits per heavy atom. The van der Waals surface area contributed by atoms with Gasteiger partial charge in [-0.3, -0.25) is 0 Å². The van der Waals surface area contributed by atoms with Crippen LogP contribution in [-0.4, -0.2) is 16.6 Å². The minimum Gasteiger partial charge on any atom is -0.336 e. The van der Waals surface area contributed by atoms with E-state index in [0.29, 0.717) is 0 Å². The molecule has 1 unspecified atom stereocenters. The van der Waals surface area contributed by atoms with Crippen molar-refractivity contribution in [3.05, 3.63) is 66.2 Å². The van der Waals surface area contributed by atoms with E-state index in [4.69, 9.17) is 0 Å². The zero-order valence-electron chi connectivity index (χ0n) is 11.2. The van der Waals surface area contributed by atoms with E-state index in [1.165, 1.54) is 16.3 Å². The molecule has 0 spiro atoms. The van der Waals surface area contributed by atoms with Crippen LogP contribution >= 0.6 is 0 Å². The van der Waals surface area contributed by atoms with E-state index in [9.17, 15) is 0 Å². The number of fused-ring (bicyclic) bond motifs is 1. The van der Waals surface area contributed by atoms with Crippen LogP contribution in [0.3, 0.4) is 0 Å². The highest BCUT2D eigenvalue weighted by molar-refractivity contribution is 5.83. The van der Waals surface area contributed by atoms with Crippen LogP contribution in [0.25, 0.3) is 10.8 Å². The summed E-state index contributed by atoms with van der Waals surface area (Å²) in [6.45, 7) is 0. The second-order valence-electron chi connectivity index (χ2n) is 4.76. The molecular formula is C16H17N3. The van der Waals surface area contributed by atoms with Gasteiger partial charge < -0.3 is 9.88 Å². The lowest BCUT2D eigenvalue weighted by atomic mass is 10.00. The molecule has 0 aliphatic rings. The summed E-state index contributed by atoms with van der Waals surface area (Å²) in [6.07, 6.45) is 3.75. The van der Waals surface area contributed by atoms with Crippen molar-refractivity contribution in [3.63, 3.8) is 0 Å². The van der Waals surface area contributed by atoms with Gasteiger partial charge in [0.15, 0.2) is 0 Å². The molecule has 3 rings (SSSR count). The minimum absolute atomic E-state index is 0.164. The summed E-state index contributed by atoms with van der Waals surface area (Å²) in [5, 5.41) is 5.90. The van der Waals surface area contributed by atoms with Crippen LogP contribution in [0, 0.1) is 0 Å². The molecule has 0 fully saturated rings. The van der Waals surface area contributed by atoms with E-state index in [2.05, 4.69) is 57.3 Å². The quantitative estimate of drug-likeness (QED) is 0.775. The Kier molecular flexibility index (Phi) is 3.05. The second-order valence-corrected chi connectivity index (χ2v) is 4.76. The Hall–Kier alpha value is -2.13. The van der Waals surface area contributed by atoms with Gasteiger partial charge in [-0.2, -0.15) is 0 Å². The van der Waals surface area contributed by atoms with Gasteiger partial charge in [-0.15, -0.1) is 0 Å². The summed E-state index contributed by atoms with van der Waals surface area (Å²) in [5.74, 6) is 0. The molecule has 1 N–H and O–H groups in total. The highest BCUT2D eigenvalue weighted by atomic mass is 15.1. The molecule has 0 saturated heterocycles. The molecule has 2 aromatic carbocycles. The highest BCUT2D eigenvalue weighted by Gasteiger charge is 2.15. The van der Waals surface area contributed by atoms with Gasteiger partial charge in [0.25, 0.3) is 0 Å². The topological polar surface area (TPSA) is 29.9 Å². The molecule has 19 heavy (non-hydrogen) atoms. The zero-order chi connectivity index (χ0) is 13.2. The van der Waals surface area contributed by atoms with Crippen molar-refractivity contribution in [2.45, 2.75) is 6.04 Å². The van der Waals surface area contributed by atoms with Crippen molar-refractivity contribution < 1.29 is 0 Å². The minimum atomic E-state index is 0.164. The molecule has 0 radical (unpaired) electrons. The van der Waals surface area contributed by atoms with Gasteiger partial charge in [-0.1, -0.05) is 36.4 Å². The smallest absolute Gasteiger partial charge is 0.0946 e. The summed E-state index contributed by atoms with van der Waals surface area (Å²) >= 11 is 0. The Labute approximate surface area is 112 Å². The van der Waals surface area contributed by atoms with Gasteiger partial charge in [0.2, 0.25) is 0 Å². The van der Waals surface area contributed by atoms with Crippen LogP contribution < -0.4 is 5.32 Å². The number of hydrogen-bond donors (Lipinski definition) is 1. The van der Waals surface area contributed by atoms with Crippen LogP contribution in [-0.2, 0) is 7.05 Å². The van der Waals surface area contributed by atoms with Crippen LogP contribution in [0.1, 0.15) is 17.3 Å². The standard InChI is InChI=1S/C16H17N3/c1-17-16(15-10-18-11-19(15)2)14-8-7-12-5-3-4-6-13(12)9-14/h3-11,16-17H,1-2H3. The van der Waals surface area contributed by atoms with E-state index in [1.54, 1.807) is 0 Å². The molecule has 3 heteroatoms.